The van der Waals surface area contributed by atoms with E-state index in [0.717, 1.165) is 12.8 Å². The van der Waals surface area contributed by atoms with Crippen molar-refractivity contribution in [3.63, 3.8) is 0 Å². The Kier molecular flexibility index (Phi) is 4.36. The summed E-state index contributed by atoms with van der Waals surface area (Å²) in [6.07, 6.45) is 3.88. The summed E-state index contributed by atoms with van der Waals surface area (Å²) < 4.78 is 23.3. The summed E-state index contributed by atoms with van der Waals surface area (Å²) in [6, 6.07) is 0. The Bertz CT molecular complexity index is 493. The Hall–Kier alpha value is -1.11. The largest absolute Gasteiger partial charge is 0.481 e. The van der Waals surface area contributed by atoms with Gasteiger partial charge in [-0.1, -0.05) is 12.8 Å². The normalized spacial score (nSPS) is 27.3. The molecule has 2 fully saturated rings. The van der Waals surface area contributed by atoms with E-state index in [1.165, 1.54) is 0 Å². The molecule has 2 rings (SSSR count). The van der Waals surface area contributed by atoms with Crippen LogP contribution in [0, 0.1) is 5.41 Å². The van der Waals surface area contributed by atoms with Gasteiger partial charge in [0, 0.05) is 13.0 Å². The Labute approximate surface area is 118 Å². The van der Waals surface area contributed by atoms with Crippen molar-refractivity contribution >= 4 is 21.7 Å². The van der Waals surface area contributed by atoms with Gasteiger partial charge < -0.3 is 10.4 Å². The average molecular weight is 303 g/mol. The molecule has 2 N–H and O–H groups in total. The molecule has 1 amide bonds. The predicted molar refractivity (Wildman–Crippen MR) is 73.0 cm³/mol. The minimum atomic E-state index is -3.07. The highest BCUT2D eigenvalue weighted by Crippen LogP contribution is 2.41. The van der Waals surface area contributed by atoms with Crippen molar-refractivity contribution in [2.24, 2.45) is 5.41 Å². The van der Waals surface area contributed by atoms with E-state index < -0.39 is 26.5 Å². The summed E-state index contributed by atoms with van der Waals surface area (Å²) in [5.41, 5.74) is -0.946. The lowest BCUT2D eigenvalue weighted by Crippen LogP contribution is -2.39. The molecule has 1 unspecified atom stereocenters. The molecular weight excluding hydrogens is 282 g/mol. The zero-order chi connectivity index (χ0) is 14.8. The molecule has 1 saturated heterocycles. The number of sulfone groups is 1. The number of carboxylic acid groups (broad SMARTS) is 1. The maximum absolute atomic E-state index is 11.9. The number of hydrogen-bond donors (Lipinski definition) is 2. The lowest BCUT2D eigenvalue weighted by Gasteiger charge is -2.23. The van der Waals surface area contributed by atoms with Crippen LogP contribution in [0.4, 0.5) is 0 Å². The highest BCUT2D eigenvalue weighted by atomic mass is 32.2. The molecule has 1 heterocycles. The van der Waals surface area contributed by atoms with Gasteiger partial charge in [-0.2, -0.15) is 0 Å². The van der Waals surface area contributed by atoms with E-state index in [2.05, 4.69) is 5.32 Å². The first kappa shape index (κ1) is 15.3. The van der Waals surface area contributed by atoms with Gasteiger partial charge in [0.25, 0.3) is 0 Å². The van der Waals surface area contributed by atoms with E-state index in [4.69, 9.17) is 0 Å². The van der Waals surface area contributed by atoms with Gasteiger partial charge in [-0.3, -0.25) is 9.59 Å². The molecule has 0 bridgehead atoms. The maximum Gasteiger partial charge on any atom is 0.310 e. The van der Waals surface area contributed by atoms with Gasteiger partial charge >= 0.3 is 5.97 Å². The Morgan fingerprint density at radius 2 is 1.85 bits per heavy atom. The molecule has 0 aromatic heterocycles. The van der Waals surface area contributed by atoms with E-state index >= 15 is 0 Å². The van der Waals surface area contributed by atoms with Gasteiger partial charge in [0.1, 0.15) is 0 Å². The standard InChI is InChI=1S/C13H21NO5S/c15-11(8-13(12(16)17)5-1-2-6-13)14-9-10-4-3-7-20(10,18)19/h10H,1-9H2,(H,14,15)(H,16,17). The summed E-state index contributed by atoms with van der Waals surface area (Å²) in [5, 5.41) is 11.4. The van der Waals surface area contributed by atoms with Crippen molar-refractivity contribution in [3.05, 3.63) is 0 Å². The highest BCUT2D eigenvalue weighted by Gasteiger charge is 2.43. The fourth-order valence-electron chi connectivity index (χ4n) is 3.20. The number of carbonyl (C=O) groups excluding carboxylic acids is 1. The smallest absolute Gasteiger partial charge is 0.310 e. The lowest BCUT2D eigenvalue weighted by molar-refractivity contribution is -0.151. The van der Waals surface area contributed by atoms with Crippen LogP contribution in [-0.4, -0.2) is 42.9 Å². The van der Waals surface area contributed by atoms with Crippen molar-refractivity contribution in [2.75, 3.05) is 12.3 Å². The van der Waals surface area contributed by atoms with E-state index in [9.17, 15) is 23.1 Å². The van der Waals surface area contributed by atoms with Gasteiger partial charge in [-0.05, 0) is 25.7 Å². The van der Waals surface area contributed by atoms with Gasteiger partial charge in [-0.15, -0.1) is 0 Å². The SMILES string of the molecule is O=C(CC1(C(=O)O)CCCC1)NCC1CCCS1(=O)=O. The fourth-order valence-corrected chi connectivity index (χ4v) is 4.97. The lowest BCUT2D eigenvalue weighted by atomic mass is 9.82. The summed E-state index contributed by atoms with van der Waals surface area (Å²) in [4.78, 5) is 23.3. The van der Waals surface area contributed by atoms with Crippen molar-refractivity contribution in [3.8, 4) is 0 Å². The van der Waals surface area contributed by atoms with Crippen LogP contribution in [0.25, 0.3) is 0 Å². The topological polar surface area (TPSA) is 101 Å². The third-order valence-electron chi connectivity index (χ3n) is 4.50. The van der Waals surface area contributed by atoms with E-state index in [0.29, 0.717) is 25.7 Å². The van der Waals surface area contributed by atoms with Gasteiger partial charge in [0.15, 0.2) is 9.84 Å². The molecular formula is C13H21NO5S. The van der Waals surface area contributed by atoms with Crippen molar-refractivity contribution in [2.45, 2.75) is 50.2 Å². The number of nitrogens with one attached hydrogen (secondary N) is 1. The van der Waals surface area contributed by atoms with Crippen LogP contribution in [0.15, 0.2) is 0 Å². The van der Waals surface area contributed by atoms with Crippen molar-refractivity contribution in [1.29, 1.82) is 0 Å². The quantitative estimate of drug-likeness (QED) is 0.779. The monoisotopic (exact) mass is 303 g/mol. The van der Waals surface area contributed by atoms with E-state index in [-0.39, 0.29) is 24.6 Å². The van der Waals surface area contributed by atoms with Crippen molar-refractivity contribution in [1.82, 2.24) is 5.32 Å². The van der Waals surface area contributed by atoms with Crippen LogP contribution in [0.1, 0.15) is 44.9 Å². The maximum atomic E-state index is 11.9. The zero-order valence-electron chi connectivity index (χ0n) is 11.4. The molecule has 1 saturated carbocycles. The van der Waals surface area contributed by atoms with Crippen molar-refractivity contribution < 1.29 is 23.1 Å². The molecule has 0 radical (unpaired) electrons. The first-order valence-electron chi connectivity index (χ1n) is 7.07. The number of amides is 1. The Morgan fingerprint density at radius 3 is 2.35 bits per heavy atom. The number of hydrogen-bond acceptors (Lipinski definition) is 4. The van der Waals surface area contributed by atoms with Gasteiger partial charge in [0.05, 0.1) is 16.4 Å². The number of carbonyl (C=O) groups is 2. The zero-order valence-corrected chi connectivity index (χ0v) is 12.2. The predicted octanol–water partition coefficient (Wildman–Crippen LogP) is 0.715. The molecule has 0 aromatic rings. The van der Waals surface area contributed by atoms with Crippen LogP contribution in [0.3, 0.4) is 0 Å². The summed E-state index contributed by atoms with van der Waals surface area (Å²) >= 11 is 0. The second-order valence-corrected chi connectivity index (χ2v) is 8.31. The number of rotatable bonds is 5. The van der Waals surface area contributed by atoms with E-state index in [1.807, 2.05) is 0 Å². The summed E-state index contributed by atoms with van der Waals surface area (Å²) in [6.45, 7) is 0.108. The van der Waals surface area contributed by atoms with Crippen LogP contribution in [-0.2, 0) is 19.4 Å². The highest BCUT2D eigenvalue weighted by molar-refractivity contribution is 7.92. The number of carboxylic acids is 1. The molecule has 20 heavy (non-hydrogen) atoms. The van der Waals surface area contributed by atoms with E-state index in [1.54, 1.807) is 0 Å². The van der Waals surface area contributed by atoms with Gasteiger partial charge in [0.2, 0.25) is 5.91 Å². The van der Waals surface area contributed by atoms with Crippen LogP contribution in [0.5, 0.6) is 0 Å². The first-order chi connectivity index (χ1) is 9.36. The van der Waals surface area contributed by atoms with Crippen LogP contribution in [0.2, 0.25) is 0 Å². The summed E-state index contributed by atoms with van der Waals surface area (Å²) in [7, 11) is -3.07. The molecule has 0 spiro atoms. The molecule has 6 nitrogen and oxygen atoms in total. The number of aliphatic carboxylic acids is 1. The third kappa shape index (κ3) is 3.13. The molecule has 114 valence electrons. The first-order valence-corrected chi connectivity index (χ1v) is 8.79. The molecule has 1 atom stereocenters. The molecule has 1 aliphatic heterocycles. The molecule has 1 aliphatic carbocycles. The minimum Gasteiger partial charge on any atom is -0.481 e. The third-order valence-corrected chi connectivity index (χ3v) is 6.78. The van der Waals surface area contributed by atoms with Crippen LogP contribution >= 0.6 is 0 Å². The second kappa shape index (κ2) is 5.71. The minimum absolute atomic E-state index is 0.0465. The molecule has 0 aromatic carbocycles. The fraction of sp³-hybridized carbons (Fsp3) is 0.846. The summed E-state index contributed by atoms with van der Waals surface area (Å²) in [5.74, 6) is -1.08. The average Bonchev–Trinajstić information content (AvgIpc) is 2.94. The molecule has 2 aliphatic rings. The van der Waals surface area contributed by atoms with Gasteiger partial charge in [-0.25, -0.2) is 8.42 Å². The Morgan fingerprint density at radius 1 is 1.20 bits per heavy atom. The second-order valence-electron chi connectivity index (χ2n) is 5.90. The Balaban J connectivity index is 1.88. The van der Waals surface area contributed by atoms with Crippen LogP contribution < -0.4 is 5.32 Å². The molecule has 7 heteroatoms.